The van der Waals surface area contributed by atoms with Gasteiger partial charge < -0.3 is 12.1 Å². The molecule has 0 aliphatic heterocycles. The summed E-state index contributed by atoms with van der Waals surface area (Å²) in [7, 11) is 0. The molecule has 0 atom stereocenters. The predicted octanol–water partition coefficient (Wildman–Crippen LogP) is -1.70. The topological polar surface area (TPSA) is 46.3 Å². The van der Waals surface area contributed by atoms with Gasteiger partial charge in [-0.3, -0.25) is 0 Å². The van der Waals surface area contributed by atoms with Crippen molar-refractivity contribution in [3.05, 3.63) is 0 Å². The van der Waals surface area contributed by atoms with Gasteiger partial charge in [0.2, 0.25) is 0 Å². The molecule has 0 aliphatic carbocycles. The molecule has 0 fully saturated rings. The summed E-state index contributed by atoms with van der Waals surface area (Å²) in [6.45, 7) is 5.63. The van der Waals surface area contributed by atoms with E-state index >= 15 is 0 Å². The number of carbonyl (C=O) groups is 1. The fourth-order valence-electron chi connectivity index (χ4n) is 0.872. The van der Waals surface area contributed by atoms with E-state index in [1.54, 1.807) is 4.90 Å². The summed E-state index contributed by atoms with van der Waals surface area (Å²) in [6, 6.07) is -0.302. The van der Waals surface area contributed by atoms with Crippen molar-refractivity contribution in [2.75, 3.05) is 13.1 Å². The maximum absolute atomic E-state index is 10.6. The predicted molar refractivity (Wildman–Crippen MR) is 42.9 cm³/mol. The van der Waals surface area contributed by atoms with E-state index in [0.29, 0.717) is 0 Å². The third-order valence-electron chi connectivity index (χ3n) is 1.30. The molecular formula is C7H17N2NaO. The zero-order valence-corrected chi connectivity index (χ0v) is 9.76. The molecule has 0 bridgehead atoms. The Morgan fingerprint density at radius 1 is 1.36 bits per heavy atom. The Bertz CT molecular complexity index is 108. The molecule has 0 aromatic carbocycles. The second-order valence-corrected chi connectivity index (χ2v) is 2.33. The first kappa shape index (κ1) is 13.8. The van der Waals surface area contributed by atoms with E-state index in [1.807, 2.05) is 13.8 Å². The van der Waals surface area contributed by atoms with Crippen LogP contribution in [0.15, 0.2) is 0 Å². The van der Waals surface area contributed by atoms with Crippen LogP contribution in [0.25, 0.3) is 0 Å². The standard InChI is InChI=1S/C7H16N2O.Na.H/c1-3-5-9(6-4-2)7(8)10;;/h3-6H2,1-2H3,(H2,8,10);;/q;+1;-1. The van der Waals surface area contributed by atoms with Gasteiger partial charge in [-0.05, 0) is 12.8 Å². The molecule has 0 spiro atoms. The number of urea groups is 1. The molecule has 0 aromatic heterocycles. The smallest absolute Gasteiger partial charge is 1.00 e. The first-order valence-electron chi connectivity index (χ1n) is 3.76. The van der Waals surface area contributed by atoms with Crippen molar-refractivity contribution in [3.8, 4) is 0 Å². The normalized spacial score (nSPS) is 8.55. The van der Waals surface area contributed by atoms with Crippen LogP contribution in [0.5, 0.6) is 0 Å². The average molecular weight is 168 g/mol. The van der Waals surface area contributed by atoms with Gasteiger partial charge in [0, 0.05) is 13.1 Å². The van der Waals surface area contributed by atoms with Gasteiger partial charge in [0.25, 0.3) is 0 Å². The maximum atomic E-state index is 10.6. The van der Waals surface area contributed by atoms with Crippen LogP contribution in [-0.2, 0) is 0 Å². The molecule has 0 aromatic rings. The first-order chi connectivity index (χ1) is 4.72. The minimum Gasteiger partial charge on any atom is -1.00 e. The summed E-state index contributed by atoms with van der Waals surface area (Å²) in [4.78, 5) is 12.3. The summed E-state index contributed by atoms with van der Waals surface area (Å²) < 4.78 is 0. The van der Waals surface area contributed by atoms with E-state index in [1.165, 1.54) is 0 Å². The molecule has 0 heterocycles. The number of nitrogens with two attached hydrogens (primary N) is 1. The van der Waals surface area contributed by atoms with Gasteiger partial charge in [-0.15, -0.1) is 0 Å². The Hall–Kier alpha value is 0.270. The van der Waals surface area contributed by atoms with Gasteiger partial charge in [0.15, 0.2) is 0 Å². The molecule has 0 unspecified atom stereocenters. The SMILES string of the molecule is CCCN(CCC)C(N)=O.[H-].[Na+]. The first-order valence-corrected chi connectivity index (χ1v) is 3.76. The van der Waals surface area contributed by atoms with E-state index in [9.17, 15) is 4.79 Å². The van der Waals surface area contributed by atoms with Crippen LogP contribution in [0.1, 0.15) is 28.1 Å². The molecule has 2 amide bonds. The number of primary amides is 1. The second kappa shape index (κ2) is 8.37. The largest absolute Gasteiger partial charge is 1.00 e. The minimum atomic E-state index is -0.302. The van der Waals surface area contributed by atoms with Gasteiger partial charge >= 0.3 is 35.6 Å². The van der Waals surface area contributed by atoms with Crippen molar-refractivity contribution in [2.45, 2.75) is 26.7 Å². The molecule has 62 valence electrons. The van der Waals surface area contributed by atoms with Gasteiger partial charge in [0.1, 0.15) is 0 Å². The van der Waals surface area contributed by atoms with Crippen LogP contribution in [0.4, 0.5) is 4.79 Å². The number of rotatable bonds is 4. The molecule has 3 nitrogen and oxygen atoms in total. The number of hydrogen-bond donors (Lipinski definition) is 1. The summed E-state index contributed by atoms with van der Waals surface area (Å²) >= 11 is 0. The third-order valence-corrected chi connectivity index (χ3v) is 1.30. The van der Waals surface area contributed by atoms with E-state index in [-0.39, 0.29) is 37.0 Å². The zero-order chi connectivity index (χ0) is 7.98. The Labute approximate surface area is 92.1 Å². The third kappa shape index (κ3) is 6.66. The van der Waals surface area contributed by atoms with Crippen LogP contribution >= 0.6 is 0 Å². The maximum Gasteiger partial charge on any atom is 1.00 e. The summed E-state index contributed by atoms with van der Waals surface area (Å²) in [5, 5.41) is 0. The van der Waals surface area contributed by atoms with Crippen molar-refractivity contribution < 1.29 is 35.8 Å². The Balaban J connectivity index is -0.000000405. The summed E-state index contributed by atoms with van der Waals surface area (Å²) in [5.74, 6) is 0. The molecule has 0 radical (unpaired) electrons. The molecule has 2 N–H and O–H groups in total. The molecule has 11 heavy (non-hydrogen) atoms. The zero-order valence-electron chi connectivity index (χ0n) is 8.76. The Morgan fingerprint density at radius 2 is 1.73 bits per heavy atom. The summed E-state index contributed by atoms with van der Waals surface area (Å²) in [5.41, 5.74) is 5.10. The van der Waals surface area contributed by atoms with E-state index in [4.69, 9.17) is 5.73 Å². The van der Waals surface area contributed by atoms with Crippen LogP contribution in [0, 0.1) is 0 Å². The quantitative estimate of drug-likeness (QED) is 0.500. The van der Waals surface area contributed by atoms with Crippen molar-refractivity contribution in [1.82, 2.24) is 4.90 Å². The molecule has 0 saturated heterocycles. The van der Waals surface area contributed by atoms with Crippen molar-refractivity contribution in [2.24, 2.45) is 5.73 Å². The molecule has 0 rings (SSSR count). The number of hydrogen-bond acceptors (Lipinski definition) is 1. The average Bonchev–Trinajstić information content (AvgIpc) is 1.87. The Morgan fingerprint density at radius 3 is 1.91 bits per heavy atom. The van der Waals surface area contributed by atoms with Crippen LogP contribution in [-0.4, -0.2) is 24.0 Å². The second-order valence-electron chi connectivity index (χ2n) is 2.33. The summed E-state index contributed by atoms with van der Waals surface area (Å²) in [6.07, 6.45) is 1.95. The van der Waals surface area contributed by atoms with Crippen molar-refractivity contribution in [1.29, 1.82) is 0 Å². The van der Waals surface area contributed by atoms with Gasteiger partial charge in [-0.2, -0.15) is 0 Å². The number of carbonyl (C=O) groups excluding carboxylic acids is 1. The van der Waals surface area contributed by atoms with Crippen LogP contribution < -0.4 is 35.3 Å². The van der Waals surface area contributed by atoms with E-state index in [2.05, 4.69) is 0 Å². The van der Waals surface area contributed by atoms with E-state index < -0.39 is 0 Å². The monoisotopic (exact) mass is 168 g/mol. The molecule has 0 aliphatic rings. The van der Waals surface area contributed by atoms with Crippen molar-refractivity contribution in [3.63, 3.8) is 0 Å². The number of nitrogens with zero attached hydrogens (tertiary/aromatic N) is 1. The van der Waals surface area contributed by atoms with Gasteiger partial charge in [0.05, 0.1) is 0 Å². The van der Waals surface area contributed by atoms with Crippen LogP contribution in [0.3, 0.4) is 0 Å². The molecular weight excluding hydrogens is 151 g/mol. The number of amides is 2. The Kier molecular flexibility index (Phi) is 10.5. The molecule has 4 heteroatoms. The molecule has 0 saturated carbocycles. The van der Waals surface area contributed by atoms with Crippen LogP contribution in [0.2, 0.25) is 0 Å². The van der Waals surface area contributed by atoms with Crippen molar-refractivity contribution >= 4 is 6.03 Å². The fraction of sp³-hybridized carbons (Fsp3) is 0.857. The fourth-order valence-corrected chi connectivity index (χ4v) is 0.872. The minimum absolute atomic E-state index is 0. The van der Waals surface area contributed by atoms with Gasteiger partial charge in [-0.1, -0.05) is 13.8 Å². The van der Waals surface area contributed by atoms with E-state index in [0.717, 1.165) is 25.9 Å². The van der Waals surface area contributed by atoms with Gasteiger partial charge in [-0.25, -0.2) is 4.79 Å².